The number of pyridine rings is 1. The van der Waals surface area contributed by atoms with Crippen molar-refractivity contribution in [3.63, 3.8) is 0 Å². The minimum Gasteiger partial charge on any atom is -0.437 e. The van der Waals surface area contributed by atoms with E-state index in [2.05, 4.69) is 152 Å². The lowest BCUT2D eigenvalue weighted by atomic mass is 9.97. The molecule has 6 aromatic rings. The van der Waals surface area contributed by atoms with E-state index in [1.54, 1.807) is 11.1 Å². The maximum Gasteiger partial charge on any atom is 0.298 e. The number of allylic oxidation sites excluding steroid dienone is 7. The molecule has 0 radical (unpaired) electrons. The van der Waals surface area contributed by atoms with Gasteiger partial charge in [0, 0.05) is 28.4 Å². The Labute approximate surface area is 303 Å². The maximum absolute atomic E-state index is 6.40. The van der Waals surface area contributed by atoms with Crippen LogP contribution < -0.4 is 4.57 Å². The predicted octanol–water partition coefficient (Wildman–Crippen LogP) is 12.2. The third kappa shape index (κ3) is 7.58. The predicted molar refractivity (Wildman–Crippen MR) is 216 cm³/mol. The normalized spacial score (nSPS) is 14.4. The standard InChI is InChI=1S/C27H22N3O.C11H13N.C8H16/c1-17-13-15-20-21-16-14-18(2)28-26(21)31-25(20)24(17)27-29(3)22-11-7-8-12-23(22)30(27)19-9-5-4-6-10-19;1-2-6-10(7-3-1)11-8-4-5-9-12-11;1-5-7(3)8(4)6-2/h4-16H,1-3H3;1-2,5-6,9H,3-4,7-8H2;5-6H2,1-4H3/q+1;;. The average molecular weight is 676 g/mol. The lowest BCUT2D eigenvalue weighted by Crippen LogP contribution is -2.30. The highest BCUT2D eigenvalue weighted by Gasteiger charge is 2.30. The minimum absolute atomic E-state index is 0.687. The molecule has 0 bridgehead atoms. The molecule has 0 spiro atoms. The number of imidazole rings is 1. The van der Waals surface area contributed by atoms with E-state index in [9.17, 15) is 0 Å². The molecule has 8 rings (SSSR count). The van der Waals surface area contributed by atoms with Gasteiger partial charge in [0.05, 0.1) is 7.05 Å². The lowest BCUT2D eigenvalue weighted by molar-refractivity contribution is -0.633. The van der Waals surface area contributed by atoms with Gasteiger partial charge >= 0.3 is 0 Å². The highest BCUT2D eigenvalue weighted by Crippen LogP contribution is 2.38. The van der Waals surface area contributed by atoms with Crippen molar-refractivity contribution in [2.45, 2.75) is 80.1 Å². The first-order chi connectivity index (χ1) is 24.8. The summed E-state index contributed by atoms with van der Waals surface area (Å²) < 4.78 is 11.0. The zero-order valence-corrected chi connectivity index (χ0v) is 31.3. The summed E-state index contributed by atoms with van der Waals surface area (Å²) in [5.74, 6) is 1.09. The first kappa shape index (κ1) is 35.5. The van der Waals surface area contributed by atoms with Gasteiger partial charge in [-0.15, -0.1) is 0 Å². The number of benzene rings is 3. The molecule has 3 aromatic carbocycles. The van der Waals surface area contributed by atoms with Gasteiger partial charge in [0.25, 0.3) is 5.82 Å². The molecule has 51 heavy (non-hydrogen) atoms. The Hall–Kier alpha value is -5.29. The Balaban J connectivity index is 0.000000184. The summed E-state index contributed by atoms with van der Waals surface area (Å²) in [6.45, 7) is 13.0. The van der Waals surface area contributed by atoms with Crippen molar-refractivity contribution in [1.82, 2.24) is 9.55 Å². The van der Waals surface area contributed by atoms with Gasteiger partial charge in [-0.3, -0.25) is 4.99 Å². The molecule has 0 unspecified atom stereocenters. The zero-order chi connectivity index (χ0) is 35.9. The van der Waals surface area contributed by atoms with E-state index in [0.29, 0.717) is 5.71 Å². The van der Waals surface area contributed by atoms with E-state index < -0.39 is 0 Å². The molecule has 0 saturated carbocycles. The van der Waals surface area contributed by atoms with Crippen molar-refractivity contribution in [2.75, 3.05) is 0 Å². The molecular formula is C46H51N4O+. The van der Waals surface area contributed by atoms with Gasteiger partial charge in [0.15, 0.2) is 16.6 Å². The second-order valence-electron chi connectivity index (χ2n) is 13.5. The fraction of sp³-hybridized carbons (Fsp3) is 0.283. The topological polar surface area (TPSA) is 47.2 Å². The molecule has 1 aliphatic carbocycles. The Morgan fingerprint density at radius 3 is 2.20 bits per heavy atom. The van der Waals surface area contributed by atoms with Crippen molar-refractivity contribution in [3.05, 3.63) is 137 Å². The third-order valence-corrected chi connectivity index (χ3v) is 10.2. The van der Waals surface area contributed by atoms with Gasteiger partial charge in [-0.05, 0) is 114 Å². The SMILES string of the molecule is C1=CCCC(C2=NC=CCC2)=C1.CCC(C)=C(C)CC.Cc1ccc2c(n1)oc1c(-c3n(-c4ccccc4)c4ccccc4[n+]3C)c(C)ccc12. The van der Waals surface area contributed by atoms with Crippen LogP contribution in [0.1, 0.15) is 77.5 Å². The Morgan fingerprint density at radius 2 is 1.51 bits per heavy atom. The van der Waals surface area contributed by atoms with Gasteiger partial charge in [0.1, 0.15) is 11.3 Å². The van der Waals surface area contributed by atoms with Gasteiger partial charge in [-0.2, -0.15) is 4.57 Å². The van der Waals surface area contributed by atoms with Crippen LogP contribution in [0.4, 0.5) is 0 Å². The fourth-order valence-electron chi connectivity index (χ4n) is 6.81. The Bertz CT molecular complexity index is 2280. The van der Waals surface area contributed by atoms with Gasteiger partial charge in [-0.1, -0.05) is 91.8 Å². The molecule has 4 heterocycles. The molecule has 260 valence electrons. The van der Waals surface area contributed by atoms with Gasteiger partial charge < -0.3 is 4.42 Å². The summed E-state index contributed by atoms with van der Waals surface area (Å²) in [7, 11) is 2.13. The van der Waals surface area contributed by atoms with Crippen LogP contribution in [0.15, 0.2) is 135 Å². The molecule has 1 aliphatic heterocycles. The van der Waals surface area contributed by atoms with E-state index in [1.165, 1.54) is 48.0 Å². The van der Waals surface area contributed by atoms with E-state index in [1.807, 2.05) is 25.3 Å². The molecule has 5 nitrogen and oxygen atoms in total. The molecule has 0 amide bonds. The minimum atomic E-state index is 0.687. The number of hydrogen-bond donors (Lipinski definition) is 0. The monoisotopic (exact) mass is 675 g/mol. The maximum atomic E-state index is 6.40. The number of aliphatic imine (C=N–C) groups is 1. The second-order valence-corrected chi connectivity index (χ2v) is 13.5. The number of furan rings is 1. The Morgan fingerprint density at radius 1 is 0.804 bits per heavy atom. The van der Waals surface area contributed by atoms with Crippen molar-refractivity contribution >= 4 is 38.8 Å². The van der Waals surface area contributed by atoms with Gasteiger partial charge in [0.2, 0.25) is 5.71 Å². The van der Waals surface area contributed by atoms with Crippen LogP contribution in [0.5, 0.6) is 0 Å². The van der Waals surface area contributed by atoms with Gasteiger partial charge in [-0.25, -0.2) is 9.55 Å². The highest BCUT2D eigenvalue weighted by molar-refractivity contribution is 6.09. The average Bonchev–Trinajstić information content (AvgIpc) is 3.69. The first-order valence-corrected chi connectivity index (χ1v) is 18.4. The fourth-order valence-corrected chi connectivity index (χ4v) is 6.81. The molecule has 0 N–H and O–H groups in total. The number of para-hydroxylation sites is 3. The van der Waals surface area contributed by atoms with E-state index >= 15 is 0 Å². The number of nitrogens with zero attached hydrogens (tertiary/aromatic N) is 4. The summed E-state index contributed by atoms with van der Waals surface area (Å²) in [5.41, 5.74) is 14.0. The molecule has 2 aliphatic rings. The highest BCUT2D eigenvalue weighted by atomic mass is 16.3. The summed E-state index contributed by atoms with van der Waals surface area (Å²) in [6, 6.07) is 27.5. The molecule has 0 fully saturated rings. The van der Waals surface area contributed by atoms with E-state index in [0.717, 1.165) is 57.5 Å². The van der Waals surface area contributed by atoms with Crippen molar-refractivity contribution in [2.24, 2.45) is 12.0 Å². The number of fused-ring (bicyclic) bond motifs is 4. The second kappa shape index (κ2) is 16.2. The summed E-state index contributed by atoms with van der Waals surface area (Å²) >= 11 is 0. The zero-order valence-electron chi connectivity index (χ0n) is 31.3. The van der Waals surface area contributed by atoms with Crippen LogP contribution in [-0.2, 0) is 7.05 Å². The molecule has 0 atom stereocenters. The van der Waals surface area contributed by atoms with Crippen LogP contribution >= 0.6 is 0 Å². The van der Waals surface area contributed by atoms with Crippen LogP contribution in [0.2, 0.25) is 0 Å². The third-order valence-electron chi connectivity index (χ3n) is 10.2. The van der Waals surface area contributed by atoms with Crippen molar-refractivity contribution in [3.8, 4) is 17.1 Å². The first-order valence-electron chi connectivity index (χ1n) is 18.4. The van der Waals surface area contributed by atoms with Crippen LogP contribution in [0.25, 0.3) is 50.2 Å². The molecular weight excluding hydrogens is 625 g/mol. The van der Waals surface area contributed by atoms with Crippen molar-refractivity contribution < 1.29 is 8.98 Å². The molecule has 5 heteroatoms. The van der Waals surface area contributed by atoms with Crippen molar-refractivity contribution in [1.29, 1.82) is 0 Å². The summed E-state index contributed by atoms with van der Waals surface area (Å²) in [6.07, 6.45) is 17.6. The molecule has 3 aromatic heterocycles. The quantitative estimate of drug-likeness (QED) is 0.135. The molecule has 0 saturated heterocycles. The number of hydrogen-bond acceptors (Lipinski definition) is 3. The van der Waals surface area contributed by atoms with E-state index in [-0.39, 0.29) is 0 Å². The number of aromatic nitrogens is 3. The van der Waals surface area contributed by atoms with Crippen LogP contribution in [0.3, 0.4) is 0 Å². The Kier molecular flexibility index (Phi) is 11.3. The number of aryl methyl sites for hydroxylation is 3. The van der Waals surface area contributed by atoms with Crippen LogP contribution in [-0.4, -0.2) is 15.3 Å². The van der Waals surface area contributed by atoms with E-state index in [4.69, 9.17) is 4.42 Å². The summed E-state index contributed by atoms with van der Waals surface area (Å²) in [5, 5.41) is 2.14. The van der Waals surface area contributed by atoms with Crippen LogP contribution in [0, 0.1) is 13.8 Å². The smallest absolute Gasteiger partial charge is 0.298 e. The summed E-state index contributed by atoms with van der Waals surface area (Å²) in [4.78, 5) is 9.03. The largest absolute Gasteiger partial charge is 0.437 e. The number of rotatable bonds is 5. The lowest BCUT2D eigenvalue weighted by Gasteiger charge is -2.12.